The lowest BCUT2D eigenvalue weighted by atomic mass is 9.76. The fourth-order valence-electron chi connectivity index (χ4n) is 4.30. The van der Waals surface area contributed by atoms with Gasteiger partial charge in [0, 0.05) is 29.5 Å². The van der Waals surface area contributed by atoms with Crippen molar-refractivity contribution in [3.8, 4) is 0 Å². The maximum Gasteiger partial charge on any atom is 0.163 e. The minimum atomic E-state index is 0.0208. The van der Waals surface area contributed by atoms with Crippen molar-refractivity contribution in [3.05, 3.63) is 107 Å². The van der Waals surface area contributed by atoms with Crippen molar-refractivity contribution in [2.45, 2.75) is 25.3 Å². The molecule has 0 bridgehead atoms. The Morgan fingerprint density at radius 1 is 0.893 bits per heavy atom. The lowest BCUT2D eigenvalue weighted by molar-refractivity contribution is 0.0958. The van der Waals surface area contributed by atoms with Crippen LogP contribution in [0.15, 0.2) is 85.1 Å². The van der Waals surface area contributed by atoms with Gasteiger partial charge in [-0.25, -0.2) is 0 Å². The van der Waals surface area contributed by atoms with Gasteiger partial charge in [0.15, 0.2) is 5.78 Å². The summed E-state index contributed by atoms with van der Waals surface area (Å²) in [6, 6.07) is 27.0. The van der Waals surface area contributed by atoms with E-state index in [-0.39, 0.29) is 17.7 Å². The van der Waals surface area contributed by atoms with Crippen LogP contribution in [0.2, 0.25) is 0 Å². The molecule has 138 valence electrons. The van der Waals surface area contributed by atoms with Gasteiger partial charge < -0.3 is 5.43 Å². The number of carbonyl (C=O) groups is 1. The van der Waals surface area contributed by atoms with Crippen LogP contribution in [-0.4, -0.2) is 10.5 Å². The number of carbonyl (C=O) groups excluding carboxylic acids is 1. The number of rotatable bonds is 3. The molecule has 1 heterocycles. The minimum absolute atomic E-state index is 0.0208. The molecule has 3 aromatic carbocycles. The third-order valence-electron chi connectivity index (χ3n) is 5.79. The summed E-state index contributed by atoms with van der Waals surface area (Å²) in [7, 11) is 0. The summed E-state index contributed by atoms with van der Waals surface area (Å²) in [5, 5.41) is 1.20. The largest absolute Gasteiger partial charge is 0.318 e. The Morgan fingerprint density at radius 2 is 1.64 bits per heavy atom. The van der Waals surface area contributed by atoms with Crippen LogP contribution in [0.3, 0.4) is 0 Å². The van der Waals surface area contributed by atoms with E-state index in [9.17, 15) is 4.79 Å². The summed E-state index contributed by atoms with van der Waals surface area (Å²) < 4.78 is 2.09. The predicted octanol–water partition coefficient (Wildman–Crippen LogP) is 5.60. The van der Waals surface area contributed by atoms with Crippen molar-refractivity contribution in [1.82, 2.24) is 4.68 Å². The topological polar surface area (TPSA) is 34.0 Å². The molecule has 3 heteroatoms. The van der Waals surface area contributed by atoms with Crippen LogP contribution in [0, 0.1) is 6.92 Å². The van der Waals surface area contributed by atoms with Gasteiger partial charge in [-0.15, -0.1) is 0 Å². The first-order chi connectivity index (χ1) is 13.7. The summed E-state index contributed by atoms with van der Waals surface area (Å²) in [6.07, 6.45) is 2.58. The highest BCUT2D eigenvalue weighted by Crippen LogP contribution is 2.41. The molecule has 1 N–H and O–H groups in total. The molecule has 5 rings (SSSR count). The smallest absolute Gasteiger partial charge is 0.163 e. The summed E-state index contributed by atoms with van der Waals surface area (Å²) in [4.78, 5) is 12.9. The summed E-state index contributed by atoms with van der Waals surface area (Å²) in [5.41, 5.74) is 9.18. The maximum atomic E-state index is 12.9. The number of hydrogen-bond donors (Lipinski definition) is 1. The number of Topliss-reactive ketones (excluding diaryl/α,β-unsaturated/α-hetero) is 1. The average molecular weight is 366 g/mol. The van der Waals surface area contributed by atoms with Crippen molar-refractivity contribution in [1.29, 1.82) is 0 Å². The van der Waals surface area contributed by atoms with E-state index in [1.807, 2.05) is 18.2 Å². The molecule has 1 aliphatic rings. The Bertz CT molecular complexity index is 1160. The van der Waals surface area contributed by atoms with Gasteiger partial charge >= 0.3 is 0 Å². The Labute approximate surface area is 164 Å². The molecular weight excluding hydrogens is 344 g/mol. The fraction of sp³-hybridized carbons (Fsp3) is 0.160. The quantitative estimate of drug-likeness (QED) is 0.512. The molecule has 2 atom stereocenters. The molecule has 0 amide bonds. The molecule has 0 saturated carbocycles. The van der Waals surface area contributed by atoms with Crippen LogP contribution in [0.5, 0.6) is 0 Å². The Balaban J connectivity index is 1.62. The van der Waals surface area contributed by atoms with Crippen LogP contribution in [0.25, 0.3) is 10.9 Å². The van der Waals surface area contributed by atoms with Gasteiger partial charge in [0.1, 0.15) is 0 Å². The van der Waals surface area contributed by atoms with E-state index in [0.717, 1.165) is 16.6 Å². The van der Waals surface area contributed by atoms with Gasteiger partial charge in [0.25, 0.3) is 0 Å². The normalized spacial score (nSPS) is 18.8. The summed E-state index contributed by atoms with van der Waals surface area (Å²) in [6.45, 7) is 2.09. The van der Waals surface area contributed by atoms with Crippen LogP contribution in [0.1, 0.15) is 45.4 Å². The summed E-state index contributed by atoms with van der Waals surface area (Å²) >= 11 is 0. The van der Waals surface area contributed by atoms with Crippen molar-refractivity contribution in [2.75, 3.05) is 5.43 Å². The Hall–Kier alpha value is -3.33. The van der Waals surface area contributed by atoms with E-state index >= 15 is 0 Å². The highest BCUT2D eigenvalue weighted by Gasteiger charge is 2.35. The maximum absolute atomic E-state index is 12.9. The number of nitrogens with one attached hydrogen (secondary N) is 1. The second kappa shape index (κ2) is 6.68. The van der Waals surface area contributed by atoms with Gasteiger partial charge in [0.05, 0.1) is 11.6 Å². The van der Waals surface area contributed by atoms with Crippen LogP contribution < -0.4 is 5.43 Å². The zero-order chi connectivity index (χ0) is 19.1. The Morgan fingerprint density at radius 3 is 2.50 bits per heavy atom. The van der Waals surface area contributed by atoms with E-state index in [0.29, 0.717) is 6.42 Å². The molecule has 0 spiro atoms. The van der Waals surface area contributed by atoms with Crippen LogP contribution >= 0.6 is 0 Å². The number of nitrogens with zero attached hydrogens (tertiary/aromatic N) is 1. The number of benzene rings is 3. The molecule has 0 fully saturated rings. The van der Waals surface area contributed by atoms with E-state index in [2.05, 4.69) is 83.9 Å². The monoisotopic (exact) mass is 366 g/mol. The van der Waals surface area contributed by atoms with E-state index in [1.165, 1.54) is 16.5 Å². The first-order valence-corrected chi connectivity index (χ1v) is 9.72. The van der Waals surface area contributed by atoms with Gasteiger partial charge in [-0.05, 0) is 30.2 Å². The van der Waals surface area contributed by atoms with Gasteiger partial charge in [0.2, 0.25) is 0 Å². The number of aromatic nitrogens is 1. The van der Waals surface area contributed by atoms with Gasteiger partial charge in [-0.1, -0.05) is 72.3 Å². The zero-order valence-electron chi connectivity index (χ0n) is 15.8. The number of aryl methyl sites for hydroxylation is 1. The number of para-hydroxylation sites is 1. The van der Waals surface area contributed by atoms with E-state index in [1.54, 1.807) is 0 Å². The summed E-state index contributed by atoms with van der Waals surface area (Å²) in [5.74, 6) is 0.306. The second-order valence-corrected chi connectivity index (χ2v) is 7.58. The number of hydrogen-bond acceptors (Lipinski definition) is 2. The first kappa shape index (κ1) is 16.8. The molecule has 3 nitrogen and oxygen atoms in total. The molecule has 0 radical (unpaired) electrons. The molecule has 28 heavy (non-hydrogen) atoms. The Kier molecular flexibility index (Phi) is 4.01. The third-order valence-corrected chi connectivity index (χ3v) is 5.79. The number of fused-ring (bicyclic) bond motifs is 2. The van der Waals surface area contributed by atoms with Crippen LogP contribution in [-0.2, 0) is 0 Å². The lowest BCUT2D eigenvalue weighted by Crippen LogP contribution is -2.32. The SMILES string of the molecule is Cc1ccc([C@@H]2CC(=O)c3ccccc3[C@H]2Nn2ccc3ccccc32)cc1. The van der Waals surface area contributed by atoms with E-state index < -0.39 is 0 Å². The third kappa shape index (κ3) is 2.80. The predicted molar refractivity (Wildman–Crippen MR) is 113 cm³/mol. The lowest BCUT2D eigenvalue weighted by Gasteiger charge is -2.35. The van der Waals surface area contributed by atoms with Crippen molar-refractivity contribution < 1.29 is 4.79 Å². The molecule has 0 unspecified atom stereocenters. The van der Waals surface area contributed by atoms with Crippen molar-refractivity contribution >= 4 is 16.7 Å². The second-order valence-electron chi connectivity index (χ2n) is 7.58. The average Bonchev–Trinajstić information content (AvgIpc) is 3.14. The van der Waals surface area contributed by atoms with Crippen molar-refractivity contribution in [2.24, 2.45) is 0 Å². The molecular formula is C25H22N2O. The molecule has 0 aliphatic heterocycles. The standard InChI is InChI=1S/C25H22N2O/c1-17-10-12-18(13-11-17)22-16-24(28)20-7-3-4-8-21(20)25(22)26-27-15-14-19-6-2-5-9-23(19)27/h2-15,22,25-26H,16H2,1H3/t22-,25+/m0/s1. The van der Waals surface area contributed by atoms with Gasteiger partial charge in [-0.2, -0.15) is 0 Å². The molecule has 4 aromatic rings. The minimum Gasteiger partial charge on any atom is -0.318 e. The molecule has 0 saturated heterocycles. The number of ketones is 1. The van der Waals surface area contributed by atoms with Crippen LogP contribution in [0.4, 0.5) is 0 Å². The highest BCUT2D eigenvalue weighted by atomic mass is 16.1. The van der Waals surface area contributed by atoms with E-state index in [4.69, 9.17) is 0 Å². The highest BCUT2D eigenvalue weighted by molar-refractivity contribution is 5.99. The zero-order valence-corrected chi connectivity index (χ0v) is 15.8. The first-order valence-electron chi connectivity index (χ1n) is 9.72. The molecule has 1 aromatic heterocycles. The fourth-order valence-corrected chi connectivity index (χ4v) is 4.30. The molecule has 1 aliphatic carbocycles. The van der Waals surface area contributed by atoms with Crippen molar-refractivity contribution in [3.63, 3.8) is 0 Å². The van der Waals surface area contributed by atoms with Gasteiger partial charge in [-0.3, -0.25) is 9.47 Å².